The number of hydrogen-bond donors (Lipinski definition) is 0. The highest BCUT2D eigenvalue weighted by atomic mass is 32.3. The summed E-state index contributed by atoms with van der Waals surface area (Å²) in [4.78, 5) is 14.4. The molecule has 0 aliphatic heterocycles. The molecule has 0 bridgehead atoms. The van der Waals surface area contributed by atoms with Crippen molar-refractivity contribution < 1.29 is 22.1 Å². The zero-order valence-corrected chi connectivity index (χ0v) is 27.7. The van der Waals surface area contributed by atoms with Crippen molar-refractivity contribution >= 4 is 16.3 Å². The van der Waals surface area contributed by atoms with E-state index in [1.54, 1.807) is 0 Å². The minimum atomic E-state index is -5.12. The molecular weight excluding hydrogens is 577 g/mol. The predicted molar refractivity (Wildman–Crippen MR) is 177 cm³/mol. The summed E-state index contributed by atoms with van der Waals surface area (Å²) < 4.78 is 47.3. The highest BCUT2D eigenvalue weighted by Gasteiger charge is 2.47. The van der Waals surface area contributed by atoms with Crippen molar-refractivity contribution in [2.24, 2.45) is 0 Å². The molecule has 0 aliphatic carbocycles. The molecule has 0 aliphatic rings. The largest absolute Gasteiger partial charge is 0.491 e. The van der Waals surface area contributed by atoms with Crippen LogP contribution in [0, 0.1) is 0 Å². The zero-order chi connectivity index (χ0) is 31.8. The molecule has 0 amide bonds. The van der Waals surface area contributed by atoms with E-state index in [9.17, 15) is 18.0 Å². The Morgan fingerprint density at radius 2 is 0.818 bits per heavy atom. The number of unbranched alkanes of at least 4 members (excludes halogenated alkanes) is 9. The van der Waals surface area contributed by atoms with Crippen LogP contribution in [0.15, 0.2) is 87.5 Å². The topological polar surface area (TPSA) is 26.3 Å². The lowest BCUT2D eigenvalue weighted by atomic mass is 10.1. The first kappa shape index (κ1) is 35.7. The fourth-order valence-corrected chi connectivity index (χ4v) is 8.51. The summed E-state index contributed by atoms with van der Waals surface area (Å²) in [5.41, 5.74) is 3.39. The summed E-state index contributed by atoms with van der Waals surface area (Å²) in [6, 6.07) is 23.1. The van der Waals surface area contributed by atoms with Crippen molar-refractivity contribution in [3.05, 3.63) is 89.5 Å². The molecular formula is C38H51F3O2S. The van der Waals surface area contributed by atoms with Crippen LogP contribution in [0.25, 0.3) is 0 Å². The highest BCUT2D eigenvalue weighted by molar-refractivity contribution is 8.30. The Bertz CT molecular complexity index is 1100. The van der Waals surface area contributed by atoms with Crippen LogP contribution in [0.2, 0.25) is 0 Å². The van der Waals surface area contributed by atoms with E-state index in [0.717, 1.165) is 93.7 Å². The molecule has 6 heteroatoms. The van der Waals surface area contributed by atoms with Gasteiger partial charge in [-0.05, 0) is 102 Å². The Labute approximate surface area is 265 Å². The number of hydrogen-bond acceptors (Lipinski definition) is 2. The molecule has 0 N–H and O–H groups in total. The van der Waals surface area contributed by atoms with Gasteiger partial charge in [-0.15, -0.1) is 0 Å². The Morgan fingerprint density at radius 3 is 1.07 bits per heavy atom. The van der Waals surface area contributed by atoms with Crippen LogP contribution in [0.4, 0.5) is 13.2 Å². The quantitative estimate of drug-likeness (QED) is 0.123. The monoisotopic (exact) mass is 628 g/mol. The molecule has 2 nitrogen and oxygen atoms in total. The van der Waals surface area contributed by atoms with Crippen LogP contribution in [-0.2, 0) is 28.2 Å². The van der Waals surface area contributed by atoms with Gasteiger partial charge in [-0.25, -0.2) is 4.79 Å². The minimum absolute atomic E-state index is 0.582. The molecule has 0 heterocycles. The Balaban J connectivity index is 2.07. The van der Waals surface area contributed by atoms with Crippen molar-refractivity contribution in [3.8, 4) is 0 Å². The molecule has 0 unspecified atom stereocenters. The third-order valence-electron chi connectivity index (χ3n) is 8.15. The lowest BCUT2D eigenvalue weighted by Crippen LogP contribution is -2.27. The van der Waals surface area contributed by atoms with Gasteiger partial charge in [0.1, 0.15) is 0 Å². The molecule has 3 aromatic rings. The fraction of sp³-hybridized carbons (Fsp3) is 0.500. The number of rotatable bonds is 19. The van der Waals surface area contributed by atoms with Crippen molar-refractivity contribution in [2.75, 3.05) is 0 Å². The van der Waals surface area contributed by atoms with Crippen molar-refractivity contribution in [3.63, 3.8) is 0 Å². The van der Waals surface area contributed by atoms with Crippen molar-refractivity contribution in [1.82, 2.24) is 0 Å². The van der Waals surface area contributed by atoms with E-state index >= 15 is 0 Å². The summed E-state index contributed by atoms with van der Waals surface area (Å²) in [6.07, 6.45) is 11.2. The van der Waals surface area contributed by atoms with Crippen LogP contribution < -0.4 is 0 Å². The summed E-state index contributed by atoms with van der Waals surface area (Å²) in [6.45, 7) is 6.53. The molecule has 0 atom stereocenters. The maximum absolute atomic E-state index is 13.9. The van der Waals surface area contributed by atoms with Gasteiger partial charge in [-0.2, -0.15) is 13.2 Å². The molecule has 0 fully saturated rings. The van der Waals surface area contributed by atoms with E-state index in [1.807, 2.05) is 72.8 Å². The Morgan fingerprint density at radius 1 is 0.523 bits per heavy atom. The molecule has 3 rings (SSSR count). The van der Waals surface area contributed by atoms with Crippen molar-refractivity contribution in [1.29, 1.82) is 0 Å². The summed E-state index contributed by atoms with van der Waals surface area (Å²) >= 11 is 0. The first-order valence-corrected chi connectivity index (χ1v) is 18.2. The summed E-state index contributed by atoms with van der Waals surface area (Å²) in [7, 11) is -3.02. The van der Waals surface area contributed by atoms with E-state index in [0.29, 0.717) is 14.7 Å². The van der Waals surface area contributed by atoms with E-state index in [-0.39, 0.29) is 0 Å². The van der Waals surface area contributed by atoms with Gasteiger partial charge in [0.05, 0.1) is 0 Å². The Kier molecular flexibility index (Phi) is 14.9. The number of halogens is 3. The molecule has 0 aromatic heterocycles. The second kappa shape index (κ2) is 18.3. The Hall–Kier alpha value is -2.73. The second-order valence-electron chi connectivity index (χ2n) is 11.8. The van der Waals surface area contributed by atoms with Crippen LogP contribution in [-0.4, -0.2) is 12.1 Å². The maximum atomic E-state index is 13.9. The van der Waals surface area contributed by atoms with E-state index < -0.39 is 22.5 Å². The third kappa shape index (κ3) is 10.4. The summed E-state index contributed by atoms with van der Waals surface area (Å²) in [5.74, 6) is -2.16. The van der Waals surface area contributed by atoms with Crippen molar-refractivity contribution in [2.45, 2.75) is 138 Å². The van der Waals surface area contributed by atoms with Gasteiger partial charge in [0.15, 0.2) is 0 Å². The number of benzene rings is 3. The van der Waals surface area contributed by atoms with Gasteiger partial charge in [0.2, 0.25) is 0 Å². The normalized spacial score (nSPS) is 12.3. The number of carbonyl (C=O) groups is 1. The van der Waals surface area contributed by atoms with E-state index in [1.165, 1.54) is 19.3 Å². The van der Waals surface area contributed by atoms with Gasteiger partial charge >= 0.3 is 12.1 Å². The molecule has 44 heavy (non-hydrogen) atoms. The van der Waals surface area contributed by atoms with Crippen LogP contribution >= 0.6 is 10.3 Å². The predicted octanol–water partition coefficient (Wildman–Crippen LogP) is 12.4. The average molecular weight is 629 g/mol. The number of carbonyl (C=O) groups excluding carboxylic acids is 1. The number of aryl methyl sites for hydroxylation is 3. The molecule has 242 valence electrons. The lowest BCUT2D eigenvalue weighted by molar-refractivity contribution is -0.188. The van der Waals surface area contributed by atoms with Crippen LogP contribution in [0.5, 0.6) is 0 Å². The highest BCUT2D eigenvalue weighted by Crippen LogP contribution is 2.69. The standard InChI is InChI=1S/C38H51F3O2S/c1-4-7-10-13-16-31-19-25-34(26-20-31)44(43-37(42)38(39,40)41,35-27-21-32(22-28-35)17-14-11-8-5-2)36-29-23-33(24-30-36)18-15-12-9-6-3/h19-30H,4-18H2,1-3H3. The van der Waals surface area contributed by atoms with Crippen LogP contribution in [0.3, 0.4) is 0 Å². The molecule has 0 saturated heterocycles. The molecule has 3 aromatic carbocycles. The van der Waals surface area contributed by atoms with Gasteiger partial charge in [-0.1, -0.05) is 115 Å². The van der Waals surface area contributed by atoms with E-state index in [4.69, 9.17) is 4.18 Å². The minimum Gasteiger partial charge on any atom is -0.395 e. The zero-order valence-electron chi connectivity index (χ0n) is 26.9. The average Bonchev–Trinajstić information content (AvgIpc) is 3.03. The fourth-order valence-electron chi connectivity index (χ4n) is 5.52. The lowest BCUT2D eigenvalue weighted by Gasteiger charge is -2.40. The maximum Gasteiger partial charge on any atom is 0.491 e. The molecule has 0 saturated carbocycles. The summed E-state index contributed by atoms with van der Waals surface area (Å²) in [5, 5.41) is 0. The second-order valence-corrected chi connectivity index (χ2v) is 14.5. The van der Waals surface area contributed by atoms with Gasteiger partial charge < -0.3 is 4.18 Å². The van der Waals surface area contributed by atoms with E-state index in [2.05, 4.69) is 20.8 Å². The number of alkyl halides is 3. The van der Waals surface area contributed by atoms with Gasteiger partial charge in [0.25, 0.3) is 0 Å². The smallest absolute Gasteiger partial charge is 0.395 e. The first-order valence-electron chi connectivity index (χ1n) is 16.7. The first-order chi connectivity index (χ1) is 21.2. The third-order valence-corrected chi connectivity index (χ3v) is 11.4. The van der Waals surface area contributed by atoms with Crippen LogP contribution in [0.1, 0.15) is 115 Å². The molecule has 0 spiro atoms. The van der Waals surface area contributed by atoms with Gasteiger partial charge in [-0.3, -0.25) is 0 Å². The van der Waals surface area contributed by atoms with Gasteiger partial charge in [0, 0.05) is 14.7 Å². The molecule has 0 radical (unpaired) electrons. The SMILES string of the molecule is CCCCCCc1ccc(S(OC(=O)C(F)(F)F)(c2ccc(CCCCCC)cc2)c2ccc(CCCCCC)cc2)cc1.